The predicted octanol–water partition coefficient (Wildman–Crippen LogP) is 3.52. The number of hydrogen-bond donors (Lipinski definition) is 1. The molecule has 0 radical (unpaired) electrons. The molecule has 0 aliphatic carbocycles. The summed E-state index contributed by atoms with van der Waals surface area (Å²) in [6.07, 6.45) is 1.61. The fourth-order valence-electron chi connectivity index (χ4n) is 2.19. The van der Waals surface area contributed by atoms with E-state index in [4.69, 9.17) is 10.1 Å². The van der Waals surface area contributed by atoms with Crippen molar-refractivity contribution < 1.29 is 4.74 Å². The molecule has 0 bridgehead atoms. The van der Waals surface area contributed by atoms with Crippen molar-refractivity contribution in [2.24, 2.45) is 0 Å². The molecule has 0 saturated carbocycles. The van der Waals surface area contributed by atoms with E-state index in [1.807, 2.05) is 56.3 Å². The first-order valence-electron chi connectivity index (χ1n) is 6.41. The lowest BCUT2D eigenvalue weighted by atomic mass is 10.1. The maximum Gasteiger partial charge on any atom is 0.300 e. The van der Waals surface area contributed by atoms with E-state index in [0.717, 1.165) is 16.6 Å². The van der Waals surface area contributed by atoms with Gasteiger partial charge < -0.3 is 4.74 Å². The highest BCUT2D eigenvalue weighted by Crippen LogP contribution is 2.20. The van der Waals surface area contributed by atoms with Crippen LogP contribution in [0.4, 0.5) is 0 Å². The summed E-state index contributed by atoms with van der Waals surface area (Å²) in [6, 6.07) is 13.6. The third-order valence-electron chi connectivity index (χ3n) is 3.21. The molecular formula is C16H15N3O. The summed E-state index contributed by atoms with van der Waals surface area (Å²) in [4.78, 5) is 4.26. The molecule has 1 aromatic heterocycles. The van der Waals surface area contributed by atoms with E-state index in [0.29, 0.717) is 5.75 Å². The van der Waals surface area contributed by atoms with Crippen LogP contribution in [0.3, 0.4) is 0 Å². The molecule has 3 rings (SSSR count). The minimum absolute atomic E-state index is 0.0469. The first-order chi connectivity index (χ1) is 9.65. The molecule has 0 spiro atoms. The van der Waals surface area contributed by atoms with Crippen LogP contribution in [0.25, 0.3) is 11.0 Å². The highest BCUT2D eigenvalue weighted by atomic mass is 16.5. The third kappa shape index (κ3) is 2.16. The Labute approximate surface area is 117 Å². The van der Waals surface area contributed by atoms with Gasteiger partial charge in [-0.25, -0.2) is 4.98 Å². The second-order valence-electron chi connectivity index (χ2n) is 4.78. The number of aryl methyl sites for hydroxylation is 2. The average Bonchev–Trinajstić information content (AvgIpc) is 2.86. The summed E-state index contributed by atoms with van der Waals surface area (Å²) in [7, 11) is 0. The first kappa shape index (κ1) is 12.4. The van der Waals surface area contributed by atoms with Crippen molar-refractivity contribution in [2.45, 2.75) is 13.8 Å². The first-order valence-corrected chi connectivity index (χ1v) is 6.41. The van der Waals surface area contributed by atoms with Crippen LogP contribution in [0.1, 0.15) is 11.1 Å². The van der Waals surface area contributed by atoms with Gasteiger partial charge in [0.2, 0.25) is 0 Å². The number of fused-ring (bicyclic) bond motifs is 1. The van der Waals surface area contributed by atoms with Gasteiger partial charge in [0, 0.05) is 0 Å². The monoisotopic (exact) mass is 265 g/mol. The van der Waals surface area contributed by atoms with Crippen molar-refractivity contribution >= 4 is 17.1 Å². The van der Waals surface area contributed by atoms with Crippen LogP contribution in [0.5, 0.6) is 5.75 Å². The second-order valence-corrected chi connectivity index (χ2v) is 4.78. The van der Waals surface area contributed by atoms with Gasteiger partial charge in [-0.3, -0.25) is 9.98 Å². The standard InChI is InChI=1S/C16H15N3O/c1-11-7-8-15(12(2)9-11)20-16(17)19-10-18-13-5-3-4-6-14(13)19/h3-10,17H,1-2H3. The molecule has 0 saturated heterocycles. The molecule has 20 heavy (non-hydrogen) atoms. The van der Waals surface area contributed by atoms with Gasteiger partial charge in [0.1, 0.15) is 12.1 Å². The van der Waals surface area contributed by atoms with Gasteiger partial charge in [-0.1, -0.05) is 29.8 Å². The van der Waals surface area contributed by atoms with Crippen LogP contribution in [0, 0.1) is 19.3 Å². The number of nitrogens with one attached hydrogen (secondary N) is 1. The number of para-hydroxylation sites is 2. The number of rotatable bonds is 1. The molecule has 0 aliphatic heterocycles. The molecule has 0 amide bonds. The van der Waals surface area contributed by atoms with E-state index in [1.165, 1.54) is 5.56 Å². The Morgan fingerprint density at radius 2 is 1.95 bits per heavy atom. The van der Waals surface area contributed by atoms with Crippen molar-refractivity contribution in [1.82, 2.24) is 9.55 Å². The normalized spacial score (nSPS) is 10.7. The maximum atomic E-state index is 8.12. The summed E-state index contributed by atoms with van der Waals surface area (Å²) in [5.41, 5.74) is 3.90. The number of aromatic nitrogens is 2. The Morgan fingerprint density at radius 1 is 1.15 bits per heavy atom. The summed E-state index contributed by atoms with van der Waals surface area (Å²) in [5, 5.41) is 8.12. The summed E-state index contributed by atoms with van der Waals surface area (Å²) < 4.78 is 7.29. The number of nitrogens with zero attached hydrogens (tertiary/aromatic N) is 2. The van der Waals surface area contributed by atoms with Crippen molar-refractivity contribution in [3.63, 3.8) is 0 Å². The number of ether oxygens (including phenoxy) is 1. The lowest BCUT2D eigenvalue weighted by Crippen LogP contribution is -2.17. The molecule has 0 aliphatic rings. The highest BCUT2D eigenvalue weighted by molar-refractivity contribution is 5.88. The molecule has 0 atom stereocenters. The minimum Gasteiger partial charge on any atom is -0.425 e. The topological polar surface area (TPSA) is 50.9 Å². The van der Waals surface area contributed by atoms with Crippen LogP contribution in [-0.4, -0.2) is 15.6 Å². The summed E-state index contributed by atoms with van der Waals surface area (Å²) >= 11 is 0. The van der Waals surface area contributed by atoms with Crippen molar-refractivity contribution in [2.75, 3.05) is 0 Å². The van der Waals surface area contributed by atoms with Gasteiger partial charge in [-0.05, 0) is 37.6 Å². The largest absolute Gasteiger partial charge is 0.425 e. The van der Waals surface area contributed by atoms with Crippen LogP contribution in [-0.2, 0) is 0 Å². The maximum absolute atomic E-state index is 8.12. The minimum atomic E-state index is 0.0469. The molecule has 2 aromatic carbocycles. The molecule has 3 aromatic rings. The molecule has 4 nitrogen and oxygen atoms in total. The Kier molecular flexibility index (Phi) is 2.99. The highest BCUT2D eigenvalue weighted by Gasteiger charge is 2.09. The van der Waals surface area contributed by atoms with Crippen LogP contribution < -0.4 is 4.74 Å². The molecule has 0 unspecified atom stereocenters. The molecule has 1 heterocycles. The summed E-state index contributed by atoms with van der Waals surface area (Å²) in [5.74, 6) is 0.693. The van der Waals surface area contributed by atoms with Crippen molar-refractivity contribution in [3.05, 3.63) is 59.9 Å². The summed E-state index contributed by atoms with van der Waals surface area (Å²) in [6.45, 7) is 4.01. The van der Waals surface area contributed by atoms with E-state index in [-0.39, 0.29) is 6.02 Å². The van der Waals surface area contributed by atoms with E-state index < -0.39 is 0 Å². The number of hydrogen-bond acceptors (Lipinski definition) is 3. The fourth-order valence-corrected chi connectivity index (χ4v) is 2.19. The van der Waals surface area contributed by atoms with Gasteiger partial charge >= 0.3 is 0 Å². The molecular weight excluding hydrogens is 250 g/mol. The van der Waals surface area contributed by atoms with E-state index in [2.05, 4.69) is 4.98 Å². The molecule has 0 fully saturated rings. The fraction of sp³-hybridized carbons (Fsp3) is 0.125. The van der Waals surface area contributed by atoms with E-state index in [1.54, 1.807) is 10.9 Å². The smallest absolute Gasteiger partial charge is 0.300 e. The predicted molar refractivity (Wildman–Crippen MR) is 79.4 cm³/mol. The second kappa shape index (κ2) is 4.81. The lowest BCUT2D eigenvalue weighted by molar-refractivity contribution is 0.516. The van der Waals surface area contributed by atoms with Gasteiger partial charge in [0.05, 0.1) is 11.0 Å². The van der Waals surface area contributed by atoms with Crippen molar-refractivity contribution in [3.8, 4) is 5.75 Å². The third-order valence-corrected chi connectivity index (χ3v) is 3.21. The molecule has 100 valence electrons. The Balaban J connectivity index is 1.93. The number of imidazole rings is 1. The Hall–Kier alpha value is -2.62. The Bertz CT molecular complexity index is 789. The van der Waals surface area contributed by atoms with Crippen LogP contribution >= 0.6 is 0 Å². The Morgan fingerprint density at radius 3 is 2.75 bits per heavy atom. The SMILES string of the molecule is Cc1ccc(OC(=N)n2cnc3ccccc32)c(C)c1. The van der Waals surface area contributed by atoms with Crippen LogP contribution in [0.2, 0.25) is 0 Å². The van der Waals surface area contributed by atoms with Crippen LogP contribution in [0.15, 0.2) is 48.8 Å². The van der Waals surface area contributed by atoms with E-state index >= 15 is 0 Å². The van der Waals surface area contributed by atoms with Gasteiger partial charge in [0.25, 0.3) is 6.02 Å². The zero-order valence-electron chi connectivity index (χ0n) is 11.4. The van der Waals surface area contributed by atoms with Gasteiger partial charge in [-0.2, -0.15) is 0 Å². The molecule has 1 N–H and O–H groups in total. The quantitative estimate of drug-likeness (QED) is 0.540. The van der Waals surface area contributed by atoms with Gasteiger partial charge in [0.15, 0.2) is 0 Å². The van der Waals surface area contributed by atoms with E-state index in [9.17, 15) is 0 Å². The average molecular weight is 265 g/mol. The van der Waals surface area contributed by atoms with Gasteiger partial charge in [-0.15, -0.1) is 0 Å². The number of benzene rings is 2. The van der Waals surface area contributed by atoms with Crippen molar-refractivity contribution in [1.29, 1.82) is 5.41 Å². The molecule has 4 heteroatoms. The lowest BCUT2D eigenvalue weighted by Gasteiger charge is -2.11. The zero-order chi connectivity index (χ0) is 14.1. The zero-order valence-corrected chi connectivity index (χ0v) is 11.4.